The van der Waals surface area contributed by atoms with E-state index in [1.807, 2.05) is 0 Å². The number of hydrogen-bond donors (Lipinski definition) is 2. The Kier molecular flexibility index (Phi) is 4.25. The fourth-order valence-electron chi connectivity index (χ4n) is 1.56. The van der Waals surface area contributed by atoms with Crippen LogP contribution >= 0.6 is 0 Å². The van der Waals surface area contributed by atoms with Crippen LogP contribution in [0.1, 0.15) is 18.1 Å². The monoisotopic (exact) mass is 256 g/mol. The van der Waals surface area contributed by atoms with Gasteiger partial charge in [-0.15, -0.1) is 0 Å². The highest BCUT2D eigenvalue weighted by Crippen LogP contribution is 2.19. The second-order valence-electron chi connectivity index (χ2n) is 3.69. The van der Waals surface area contributed by atoms with E-state index in [1.54, 1.807) is 19.1 Å². The molecule has 0 saturated carbocycles. The van der Waals surface area contributed by atoms with Gasteiger partial charge in [0.2, 0.25) is 5.91 Å². The van der Waals surface area contributed by atoms with Crippen molar-refractivity contribution in [1.82, 2.24) is 0 Å². The van der Waals surface area contributed by atoms with Crippen molar-refractivity contribution in [2.45, 2.75) is 24.8 Å². The third-order valence-electron chi connectivity index (χ3n) is 2.44. The Labute approximate surface area is 101 Å². The van der Waals surface area contributed by atoms with Crippen molar-refractivity contribution in [2.24, 2.45) is 11.5 Å². The van der Waals surface area contributed by atoms with Crippen LogP contribution in [-0.2, 0) is 27.6 Å². The van der Waals surface area contributed by atoms with E-state index in [4.69, 9.17) is 11.5 Å². The molecule has 0 fully saturated rings. The third-order valence-corrected chi connectivity index (χ3v) is 4.27. The molecule has 1 amide bonds. The number of carbonyl (C=O) groups excluding carboxylic acids is 1. The molecular formula is C11H16N2O3S. The standard InChI is InChI=1S/C11H16N2O3S/c1-2-17(15,16)10-4-3-8(6-11(13)14)5-9(10)7-12/h3-5H,2,6-7,12H2,1H3,(H2,13,14). The van der Waals surface area contributed by atoms with Gasteiger partial charge in [-0.05, 0) is 17.2 Å². The van der Waals surface area contributed by atoms with Crippen molar-refractivity contribution in [3.8, 4) is 0 Å². The van der Waals surface area contributed by atoms with E-state index in [9.17, 15) is 13.2 Å². The number of amides is 1. The molecule has 0 aliphatic heterocycles. The molecule has 0 heterocycles. The summed E-state index contributed by atoms with van der Waals surface area (Å²) in [6, 6.07) is 4.69. The molecule has 0 spiro atoms. The van der Waals surface area contributed by atoms with Crippen LogP contribution in [0.2, 0.25) is 0 Å². The van der Waals surface area contributed by atoms with Crippen LogP contribution in [0.4, 0.5) is 0 Å². The van der Waals surface area contributed by atoms with Gasteiger partial charge in [-0.25, -0.2) is 8.42 Å². The van der Waals surface area contributed by atoms with Gasteiger partial charge >= 0.3 is 0 Å². The van der Waals surface area contributed by atoms with Crippen LogP contribution < -0.4 is 11.5 Å². The molecule has 1 aromatic rings. The van der Waals surface area contributed by atoms with Crippen molar-refractivity contribution < 1.29 is 13.2 Å². The molecular weight excluding hydrogens is 240 g/mol. The SMILES string of the molecule is CCS(=O)(=O)c1ccc(CC(N)=O)cc1CN. The van der Waals surface area contributed by atoms with Crippen molar-refractivity contribution in [3.63, 3.8) is 0 Å². The predicted molar refractivity (Wildman–Crippen MR) is 65.0 cm³/mol. The Morgan fingerprint density at radius 2 is 2.00 bits per heavy atom. The average Bonchev–Trinajstić information content (AvgIpc) is 2.27. The molecule has 0 bridgehead atoms. The van der Waals surface area contributed by atoms with Gasteiger partial charge in [0.05, 0.1) is 17.1 Å². The van der Waals surface area contributed by atoms with Gasteiger partial charge in [-0.1, -0.05) is 19.1 Å². The van der Waals surface area contributed by atoms with E-state index in [-0.39, 0.29) is 23.6 Å². The van der Waals surface area contributed by atoms with Gasteiger partial charge in [0.25, 0.3) is 0 Å². The van der Waals surface area contributed by atoms with E-state index >= 15 is 0 Å². The lowest BCUT2D eigenvalue weighted by Crippen LogP contribution is -2.15. The normalized spacial score (nSPS) is 11.4. The maximum Gasteiger partial charge on any atom is 0.221 e. The van der Waals surface area contributed by atoms with Crippen LogP contribution in [0.3, 0.4) is 0 Å². The molecule has 0 saturated heterocycles. The molecule has 0 atom stereocenters. The number of primary amides is 1. The lowest BCUT2D eigenvalue weighted by Gasteiger charge is -2.09. The van der Waals surface area contributed by atoms with Crippen LogP contribution in [0, 0.1) is 0 Å². The van der Waals surface area contributed by atoms with Crippen molar-refractivity contribution in [1.29, 1.82) is 0 Å². The van der Waals surface area contributed by atoms with Crippen LogP contribution in [-0.4, -0.2) is 20.1 Å². The highest BCUT2D eigenvalue weighted by Gasteiger charge is 2.16. The highest BCUT2D eigenvalue weighted by atomic mass is 32.2. The molecule has 6 heteroatoms. The average molecular weight is 256 g/mol. The van der Waals surface area contributed by atoms with Crippen LogP contribution in [0.5, 0.6) is 0 Å². The third kappa shape index (κ3) is 3.28. The van der Waals surface area contributed by atoms with Gasteiger partial charge in [0.15, 0.2) is 9.84 Å². The van der Waals surface area contributed by atoms with Crippen LogP contribution in [0.25, 0.3) is 0 Å². The number of benzene rings is 1. The predicted octanol–water partition coefficient (Wildman–Crippen LogP) is -0.0333. The fourth-order valence-corrected chi connectivity index (χ4v) is 2.69. The summed E-state index contributed by atoms with van der Waals surface area (Å²) in [5, 5.41) is 0. The Hall–Kier alpha value is -1.40. The minimum atomic E-state index is -3.28. The summed E-state index contributed by atoms with van der Waals surface area (Å²) in [5.41, 5.74) is 11.8. The molecule has 1 aromatic carbocycles. The first-order chi connectivity index (χ1) is 7.90. The second kappa shape index (κ2) is 5.29. The smallest absolute Gasteiger partial charge is 0.221 e. The topological polar surface area (TPSA) is 103 Å². The number of nitrogens with two attached hydrogens (primary N) is 2. The van der Waals surface area contributed by atoms with E-state index in [0.29, 0.717) is 11.1 Å². The van der Waals surface area contributed by atoms with Gasteiger partial charge in [-0.3, -0.25) is 4.79 Å². The van der Waals surface area contributed by atoms with E-state index in [2.05, 4.69) is 0 Å². The van der Waals surface area contributed by atoms with Crippen LogP contribution in [0.15, 0.2) is 23.1 Å². The quantitative estimate of drug-likeness (QED) is 0.771. The summed E-state index contributed by atoms with van der Waals surface area (Å²) < 4.78 is 23.5. The molecule has 94 valence electrons. The summed E-state index contributed by atoms with van der Waals surface area (Å²) >= 11 is 0. The van der Waals surface area contributed by atoms with Gasteiger partial charge < -0.3 is 11.5 Å². The number of sulfone groups is 1. The second-order valence-corrected chi connectivity index (χ2v) is 5.94. The molecule has 0 aromatic heterocycles. The first kappa shape index (κ1) is 13.7. The molecule has 0 aliphatic carbocycles. The molecule has 5 nitrogen and oxygen atoms in total. The molecule has 4 N–H and O–H groups in total. The molecule has 0 radical (unpaired) electrons. The minimum Gasteiger partial charge on any atom is -0.369 e. The Balaban J connectivity index is 3.23. The number of carbonyl (C=O) groups is 1. The van der Waals surface area contributed by atoms with Crippen molar-refractivity contribution in [3.05, 3.63) is 29.3 Å². The zero-order valence-corrected chi connectivity index (χ0v) is 10.5. The minimum absolute atomic E-state index is 0.0230. The first-order valence-corrected chi connectivity index (χ1v) is 6.89. The number of rotatable bonds is 5. The Bertz CT molecular complexity index is 524. The maximum atomic E-state index is 11.8. The number of hydrogen-bond acceptors (Lipinski definition) is 4. The maximum absolute atomic E-state index is 11.8. The lowest BCUT2D eigenvalue weighted by molar-refractivity contribution is -0.117. The highest BCUT2D eigenvalue weighted by molar-refractivity contribution is 7.91. The summed E-state index contributed by atoms with van der Waals surface area (Å²) in [7, 11) is -3.28. The van der Waals surface area contributed by atoms with Gasteiger partial charge in [0, 0.05) is 6.54 Å². The summed E-state index contributed by atoms with van der Waals surface area (Å²) in [6.07, 6.45) is 0.0828. The van der Waals surface area contributed by atoms with Gasteiger partial charge in [-0.2, -0.15) is 0 Å². The fraction of sp³-hybridized carbons (Fsp3) is 0.364. The molecule has 0 unspecified atom stereocenters. The Morgan fingerprint density at radius 3 is 2.47 bits per heavy atom. The summed E-state index contributed by atoms with van der Waals surface area (Å²) in [5.74, 6) is -0.436. The van der Waals surface area contributed by atoms with E-state index < -0.39 is 15.7 Å². The van der Waals surface area contributed by atoms with E-state index in [1.165, 1.54) is 6.07 Å². The van der Waals surface area contributed by atoms with Crippen molar-refractivity contribution >= 4 is 15.7 Å². The molecule has 1 rings (SSSR count). The van der Waals surface area contributed by atoms with Gasteiger partial charge in [0.1, 0.15) is 0 Å². The summed E-state index contributed by atoms with van der Waals surface area (Å²) in [6.45, 7) is 1.69. The molecule has 0 aliphatic rings. The first-order valence-electron chi connectivity index (χ1n) is 5.23. The van der Waals surface area contributed by atoms with E-state index in [0.717, 1.165) is 0 Å². The zero-order valence-electron chi connectivity index (χ0n) is 9.64. The lowest BCUT2D eigenvalue weighted by atomic mass is 10.1. The Morgan fingerprint density at radius 1 is 1.35 bits per heavy atom. The zero-order chi connectivity index (χ0) is 13.1. The van der Waals surface area contributed by atoms with Crippen molar-refractivity contribution in [2.75, 3.05) is 5.75 Å². The summed E-state index contributed by atoms with van der Waals surface area (Å²) in [4.78, 5) is 11.0. The molecule has 17 heavy (non-hydrogen) atoms. The largest absolute Gasteiger partial charge is 0.369 e.